The van der Waals surface area contributed by atoms with Crippen molar-refractivity contribution in [1.82, 2.24) is 9.97 Å². The van der Waals surface area contributed by atoms with Gasteiger partial charge in [-0.15, -0.1) is 11.3 Å². The fourth-order valence-electron chi connectivity index (χ4n) is 3.88. The lowest BCUT2D eigenvalue weighted by Crippen LogP contribution is -2.29. The molecule has 0 N–H and O–H groups in total. The van der Waals surface area contributed by atoms with Gasteiger partial charge in [0.25, 0.3) is 0 Å². The number of carbonyl (C=O) groups excluding carboxylic acids is 1. The molecule has 5 rings (SSSR count). The summed E-state index contributed by atoms with van der Waals surface area (Å²) in [6.07, 6.45) is 5.94. The molecule has 0 radical (unpaired) electrons. The third-order valence-electron chi connectivity index (χ3n) is 5.42. The van der Waals surface area contributed by atoms with E-state index in [1.54, 1.807) is 23.7 Å². The second kappa shape index (κ2) is 8.20. The predicted octanol–water partition coefficient (Wildman–Crippen LogP) is 5.74. The SMILES string of the molecule is O=C1CCCc2cc(-c3csc(-c4ccncc4)n3)ccc2N1Cc1ccccc1. The Balaban J connectivity index is 1.48. The molecule has 2 aromatic carbocycles. The monoisotopic (exact) mass is 411 g/mol. The van der Waals surface area contributed by atoms with E-state index >= 15 is 0 Å². The number of amides is 1. The number of nitrogens with zero attached hydrogens (tertiary/aromatic N) is 3. The van der Waals surface area contributed by atoms with Crippen molar-refractivity contribution in [3.05, 3.63) is 89.6 Å². The van der Waals surface area contributed by atoms with E-state index in [-0.39, 0.29) is 5.91 Å². The highest BCUT2D eigenvalue weighted by Crippen LogP contribution is 2.34. The molecule has 2 aromatic heterocycles. The number of hydrogen-bond donors (Lipinski definition) is 0. The molecule has 30 heavy (non-hydrogen) atoms. The van der Waals surface area contributed by atoms with E-state index < -0.39 is 0 Å². The average molecular weight is 412 g/mol. The molecule has 3 heterocycles. The van der Waals surface area contributed by atoms with Crippen LogP contribution in [0, 0.1) is 0 Å². The molecule has 148 valence electrons. The van der Waals surface area contributed by atoms with Gasteiger partial charge >= 0.3 is 0 Å². The van der Waals surface area contributed by atoms with E-state index in [1.807, 2.05) is 35.2 Å². The summed E-state index contributed by atoms with van der Waals surface area (Å²) >= 11 is 1.64. The van der Waals surface area contributed by atoms with Crippen molar-refractivity contribution in [2.45, 2.75) is 25.8 Å². The van der Waals surface area contributed by atoms with E-state index in [2.05, 4.69) is 40.7 Å². The molecule has 1 aliphatic rings. The standard InChI is InChI=1S/C25H21N3OS/c29-24-8-4-7-21-15-20(22-17-30-25(27-22)19-11-13-26-14-12-19)9-10-23(21)28(24)16-18-5-2-1-3-6-18/h1-3,5-6,9-15,17H,4,7-8,16H2. The highest BCUT2D eigenvalue weighted by Gasteiger charge is 2.23. The molecule has 0 atom stereocenters. The number of hydrogen-bond acceptors (Lipinski definition) is 4. The third kappa shape index (κ3) is 3.76. The smallest absolute Gasteiger partial charge is 0.227 e. The van der Waals surface area contributed by atoms with E-state index in [4.69, 9.17) is 4.98 Å². The molecule has 0 fully saturated rings. The minimum atomic E-state index is 0.194. The molecule has 0 aliphatic carbocycles. The van der Waals surface area contributed by atoms with Crippen molar-refractivity contribution in [2.24, 2.45) is 0 Å². The summed E-state index contributed by atoms with van der Waals surface area (Å²) in [6.45, 7) is 0.606. The van der Waals surface area contributed by atoms with Crippen LogP contribution >= 0.6 is 11.3 Å². The van der Waals surface area contributed by atoms with Crippen LogP contribution in [0.25, 0.3) is 21.8 Å². The van der Waals surface area contributed by atoms with Crippen LogP contribution in [0.15, 0.2) is 78.4 Å². The zero-order valence-corrected chi connectivity index (χ0v) is 17.3. The number of rotatable bonds is 4. The molecule has 0 saturated heterocycles. The summed E-state index contributed by atoms with van der Waals surface area (Å²) in [5.74, 6) is 0.194. The van der Waals surface area contributed by atoms with Gasteiger partial charge in [0.05, 0.1) is 12.2 Å². The number of aromatic nitrogens is 2. The largest absolute Gasteiger partial charge is 0.308 e. The summed E-state index contributed by atoms with van der Waals surface area (Å²) < 4.78 is 0. The molecule has 1 amide bonds. The molecular formula is C25H21N3OS. The zero-order chi connectivity index (χ0) is 20.3. The molecule has 1 aliphatic heterocycles. The van der Waals surface area contributed by atoms with Gasteiger partial charge in [0.2, 0.25) is 5.91 Å². The van der Waals surface area contributed by atoms with Gasteiger partial charge in [-0.3, -0.25) is 9.78 Å². The van der Waals surface area contributed by atoms with Crippen LogP contribution in [0.5, 0.6) is 0 Å². The Morgan fingerprint density at radius 2 is 1.77 bits per heavy atom. The Kier molecular flexibility index (Phi) is 5.11. The Bertz CT molecular complexity index is 1170. The molecule has 0 saturated carbocycles. The van der Waals surface area contributed by atoms with Gasteiger partial charge in [0.15, 0.2) is 0 Å². The highest BCUT2D eigenvalue weighted by molar-refractivity contribution is 7.13. The number of carbonyl (C=O) groups is 1. The molecule has 4 aromatic rings. The van der Waals surface area contributed by atoms with Gasteiger partial charge in [-0.25, -0.2) is 4.98 Å². The lowest BCUT2D eigenvalue weighted by Gasteiger charge is -2.23. The second-order valence-corrected chi connectivity index (χ2v) is 8.29. The third-order valence-corrected chi connectivity index (χ3v) is 6.31. The number of anilines is 1. The summed E-state index contributed by atoms with van der Waals surface area (Å²) in [5, 5.41) is 3.09. The Labute approximate surface area is 179 Å². The number of benzene rings is 2. The zero-order valence-electron chi connectivity index (χ0n) is 16.5. The molecule has 0 spiro atoms. The van der Waals surface area contributed by atoms with Gasteiger partial charge in [-0.05, 0) is 48.2 Å². The topological polar surface area (TPSA) is 46.1 Å². The first-order valence-electron chi connectivity index (χ1n) is 10.1. The lowest BCUT2D eigenvalue weighted by molar-refractivity contribution is -0.118. The molecule has 0 bridgehead atoms. The first-order chi connectivity index (χ1) is 14.8. The number of fused-ring (bicyclic) bond motifs is 1. The maximum absolute atomic E-state index is 12.8. The van der Waals surface area contributed by atoms with Crippen LogP contribution in [0.4, 0.5) is 5.69 Å². The van der Waals surface area contributed by atoms with E-state index in [0.29, 0.717) is 13.0 Å². The van der Waals surface area contributed by atoms with Crippen molar-refractivity contribution in [1.29, 1.82) is 0 Å². The van der Waals surface area contributed by atoms with E-state index in [1.165, 1.54) is 5.56 Å². The normalized spacial score (nSPS) is 13.7. The maximum Gasteiger partial charge on any atom is 0.227 e. The average Bonchev–Trinajstić information content (AvgIpc) is 3.24. The van der Waals surface area contributed by atoms with Crippen LogP contribution in [-0.2, 0) is 17.8 Å². The van der Waals surface area contributed by atoms with Crippen molar-refractivity contribution in [3.63, 3.8) is 0 Å². The van der Waals surface area contributed by atoms with Crippen molar-refractivity contribution >= 4 is 22.9 Å². The van der Waals surface area contributed by atoms with Crippen LogP contribution in [-0.4, -0.2) is 15.9 Å². The molecule has 4 nitrogen and oxygen atoms in total. The molecule has 0 unspecified atom stereocenters. The Hall–Kier alpha value is -3.31. The quantitative estimate of drug-likeness (QED) is 0.430. The highest BCUT2D eigenvalue weighted by atomic mass is 32.1. The summed E-state index contributed by atoms with van der Waals surface area (Å²) in [5.41, 5.74) is 6.53. The Morgan fingerprint density at radius 3 is 2.60 bits per heavy atom. The summed E-state index contributed by atoms with van der Waals surface area (Å²) in [4.78, 5) is 23.7. The van der Waals surface area contributed by atoms with Crippen LogP contribution in [0.1, 0.15) is 24.0 Å². The van der Waals surface area contributed by atoms with Gasteiger partial charge < -0.3 is 4.90 Å². The van der Waals surface area contributed by atoms with Crippen molar-refractivity contribution < 1.29 is 4.79 Å². The van der Waals surface area contributed by atoms with Crippen LogP contribution < -0.4 is 4.90 Å². The number of aryl methyl sites for hydroxylation is 1. The van der Waals surface area contributed by atoms with Gasteiger partial charge in [0, 0.05) is 41.0 Å². The summed E-state index contributed by atoms with van der Waals surface area (Å²) in [6, 6.07) is 20.5. The maximum atomic E-state index is 12.8. The van der Waals surface area contributed by atoms with Crippen molar-refractivity contribution in [2.75, 3.05) is 4.90 Å². The van der Waals surface area contributed by atoms with Crippen molar-refractivity contribution in [3.8, 4) is 21.8 Å². The second-order valence-electron chi connectivity index (χ2n) is 7.44. The Morgan fingerprint density at radius 1 is 0.933 bits per heavy atom. The first-order valence-corrected chi connectivity index (χ1v) is 11.0. The molecular weight excluding hydrogens is 390 g/mol. The van der Waals surface area contributed by atoms with E-state index in [0.717, 1.165) is 45.9 Å². The first kappa shape index (κ1) is 18.7. The van der Waals surface area contributed by atoms with Gasteiger partial charge in [-0.2, -0.15) is 0 Å². The minimum Gasteiger partial charge on any atom is -0.308 e. The van der Waals surface area contributed by atoms with E-state index in [9.17, 15) is 4.79 Å². The van der Waals surface area contributed by atoms with Gasteiger partial charge in [-0.1, -0.05) is 36.4 Å². The lowest BCUT2D eigenvalue weighted by atomic mass is 10.0. The van der Waals surface area contributed by atoms with Crippen LogP contribution in [0.2, 0.25) is 0 Å². The minimum absolute atomic E-state index is 0.194. The fourth-order valence-corrected chi connectivity index (χ4v) is 4.72. The summed E-state index contributed by atoms with van der Waals surface area (Å²) in [7, 11) is 0. The van der Waals surface area contributed by atoms with Crippen LogP contribution in [0.3, 0.4) is 0 Å². The number of pyridine rings is 1. The van der Waals surface area contributed by atoms with Gasteiger partial charge in [0.1, 0.15) is 5.01 Å². The molecule has 5 heteroatoms. The predicted molar refractivity (Wildman–Crippen MR) is 121 cm³/mol. The number of thiazole rings is 1. The fraction of sp³-hybridized carbons (Fsp3) is 0.160.